The lowest BCUT2D eigenvalue weighted by molar-refractivity contribution is 0.574. The van der Waals surface area contributed by atoms with Gasteiger partial charge in [-0.1, -0.05) is 35.4 Å². The van der Waals surface area contributed by atoms with Gasteiger partial charge in [0.05, 0.1) is 0 Å². The second-order valence-corrected chi connectivity index (χ2v) is 6.39. The molecule has 0 bridgehead atoms. The molecular weight excluding hydrogens is 317 g/mol. The van der Waals surface area contributed by atoms with E-state index in [0.29, 0.717) is 17.5 Å². The predicted octanol–water partition coefficient (Wildman–Crippen LogP) is 4.68. The van der Waals surface area contributed by atoms with Gasteiger partial charge in [0.1, 0.15) is 5.82 Å². The van der Waals surface area contributed by atoms with Crippen molar-refractivity contribution < 1.29 is 8.81 Å². The van der Waals surface area contributed by atoms with Crippen LogP contribution in [0, 0.1) is 5.82 Å². The van der Waals surface area contributed by atoms with Gasteiger partial charge in [-0.15, -0.1) is 5.10 Å². The fourth-order valence-corrected chi connectivity index (χ4v) is 3.04. The lowest BCUT2D eigenvalue weighted by Crippen LogP contribution is -2.09. The number of nitrogens with one attached hydrogen (secondary N) is 1. The number of fused-ring (bicyclic) bond motifs is 1. The van der Waals surface area contributed by atoms with E-state index in [-0.39, 0.29) is 11.9 Å². The Bertz CT molecular complexity index is 959. The summed E-state index contributed by atoms with van der Waals surface area (Å²) in [6.45, 7) is 4.01. The molecule has 25 heavy (non-hydrogen) atoms. The molecule has 0 radical (unpaired) electrons. The minimum Gasteiger partial charge on any atom is -0.403 e. The van der Waals surface area contributed by atoms with E-state index in [9.17, 15) is 4.39 Å². The molecule has 1 aliphatic carbocycles. The average molecular weight is 335 g/mol. The first kappa shape index (κ1) is 15.6. The first-order chi connectivity index (χ1) is 12.1. The topological polar surface area (TPSA) is 51.0 Å². The maximum absolute atomic E-state index is 14.2. The monoisotopic (exact) mass is 335 g/mol. The number of hydrogen-bond donors (Lipinski definition) is 1. The maximum Gasteiger partial charge on any atom is 0.315 e. The Hall–Kier alpha value is -2.95. The molecule has 0 spiro atoms. The summed E-state index contributed by atoms with van der Waals surface area (Å²) in [5.41, 5.74) is 4.54. The van der Waals surface area contributed by atoms with Gasteiger partial charge in [-0.25, -0.2) is 4.39 Å². The van der Waals surface area contributed by atoms with Crippen molar-refractivity contribution >= 4 is 11.6 Å². The van der Waals surface area contributed by atoms with E-state index in [2.05, 4.69) is 21.6 Å². The van der Waals surface area contributed by atoms with Crippen LogP contribution in [0.15, 0.2) is 53.0 Å². The Kier molecular flexibility index (Phi) is 3.84. The van der Waals surface area contributed by atoms with E-state index in [1.165, 1.54) is 11.6 Å². The summed E-state index contributed by atoms with van der Waals surface area (Å²) in [6.07, 6.45) is 2.86. The van der Waals surface area contributed by atoms with Crippen LogP contribution in [-0.2, 0) is 6.42 Å². The molecule has 4 rings (SSSR count). The van der Waals surface area contributed by atoms with Gasteiger partial charge in [0.25, 0.3) is 0 Å². The highest BCUT2D eigenvalue weighted by Gasteiger charge is 2.20. The highest BCUT2D eigenvalue weighted by molar-refractivity contribution is 5.86. The number of nitrogens with zero attached hydrogens (tertiary/aromatic N) is 2. The summed E-state index contributed by atoms with van der Waals surface area (Å²) in [7, 11) is 0. The molecule has 0 saturated carbocycles. The molecule has 1 heterocycles. The SMILES string of the molecule is CC(C)Nc1nnc(-c2ccc3c(c2)C(c2ccccc2F)=CC3)o1. The van der Waals surface area contributed by atoms with Gasteiger partial charge in [0.2, 0.25) is 5.89 Å². The molecule has 1 aliphatic rings. The Morgan fingerprint density at radius 3 is 2.72 bits per heavy atom. The Labute approximate surface area is 145 Å². The molecule has 0 saturated heterocycles. The molecule has 0 atom stereocenters. The average Bonchev–Trinajstić information content (AvgIpc) is 3.21. The molecule has 1 aromatic heterocycles. The van der Waals surface area contributed by atoms with Crippen molar-refractivity contribution in [1.82, 2.24) is 10.2 Å². The molecule has 126 valence electrons. The van der Waals surface area contributed by atoms with E-state index in [1.807, 2.05) is 38.1 Å². The van der Waals surface area contributed by atoms with Crippen molar-refractivity contribution in [2.75, 3.05) is 5.32 Å². The van der Waals surface area contributed by atoms with Crippen LogP contribution in [0.25, 0.3) is 17.0 Å². The van der Waals surface area contributed by atoms with Gasteiger partial charge in [0.15, 0.2) is 0 Å². The molecule has 2 aromatic carbocycles. The van der Waals surface area contributed by atoms with Crippen molar-refractivity contribution in [3.05, 3.63) is 71.0 Å². The van der Waals surface area contributed by atoms with Crippen LogP contribution in [-0.4, -0.2) is 16.2 Å². The minimum atomic E-state index is -0.215. The van der Waals surface area contributed by atoms with Gasteiger partial charge < -0.3 is 9.73 Å². The first-order valence-electron chi connectivity index (χ1n) is 8.30. The molecule has 1 N–H and O–H groups in total. The van der Waals surface area contributed by atoms with Crippen LogP contribution >= 0.6 is 0 Å². The van der Waals surface area contributed by atoms with Crippen LogP contribution in [0.4, 0.5) is 10.4 Å². The Balaban J connectivity index is 1.71. The van der Waals surface area contributed by atoms with Gasteiger partial charge in [-0.2, -0.15) is 0 Å². The quantitative estimate of drug-likeness (QED) is 0.752. The highest BCUT2D eigenvalue weighted by atomic mass is 19.1. The zero-order chi connectivity index (χ0) is 17.4. The number of hydrogen-bond acceptors (Lipinski definition) is 4. The molecule has 0 amide bonds. The summed E-state index contributed by atoms with van der Waals surface area (Å²) >= 11 is 0. The molecular formula is C20H18FN3O. The second-order valence-electron chi connectivity index (χ2n) is 6.39. The lowest BCUT2D eigenvalue weighted by atomic mass is 9.97. The summed E-state index contributed by atoms with van der Waals surface area (Å²) in [5, 5.41) is 11.2. The molecule has 0 unspecified atom stereocenters. The van der Waals surface area contributed by atoms with Crippen molar-refractivity contribution in [3.8, 4) is 11.5 Å². The first-order valence-corrected chi connectivity index (χ1v) is 8.30. The predicted molar refractivity (Wildman–Crippen MR) is 95.7 cm³/mol. The number of benzene rings is 2. The van der Waals surface area contributed by atoms with Crippen LogP contribution in [0.2, 0.25) is 0 Å². The fraction of sp³-hybridized carbons (Fsp3) is 0.200. The van der Waals surface area contributed by atoms with Gasteiger partial charge >= 0.3 is 6.01 Å². The Morgan fingerprint density at radius 2 is 1.92 bits per heavy atom. The number of rotatable bonds is 4. The van der Waals surface area contributed by atoms with Gasteiger partial charge in [0, 0.05) is 17.2 Å². The van der Waals surface area contributed by atoms with Gasteiger partial charge in [-0.3, -0.25) is 0 Å². The third kappa shape index (κ3) is 2.93. The molecule has 4 nitrogen and oxygen atoms in total. The third-order valence-electron chi connectivity index (χ3n) is 4.17. The third-order valence-corrected chi connectivity index (χ3v) is 4.17. The van der Waals surface area contributed by atoms with Crippen LogP contribution in [0.3, 0.4) is 0 Å². The van der Waals surface area contributed by atoms with Crippen LogP contribution < -0.4 is 5.32 Å². The maximum atomic E-state index is 14.2. The normalized spacial score (nSPS) is 13.0. The fourth-order valence-electron chi connectivity index (χ4n) is 3.04. The van der Waals surface area contributed by atoms with Crippen molar-refractivity contribution in [2.45, 2.75) is 26.3 Å². The van der Waals surface area contributed by atoms with Crippen LogP contribution in [0.5, 0.6) is 0 Å². The second kappa shape index (κ2) is 6.16. The number of allylic oxidation sites excluding steroid dienone is 1. The number of halogens is 1. The summed E-state index contributed by atoms with van der Waals surface area (Å²) in [5.74, 6) is 0.235. The van der Waals surface area contributed by atoms with Crippen molar-refractivity contribution in [3.63, 3.8) is 0 Å². The summed E-state index contributed by atoms with van der Waals surface area (Å²) in [4.78, 5) is 0. The van der Waals surface area contributed by atoms with Crippen molar-refractivity contribution in [2.24, 2.45) is 0 Å². The van der Waals surface area contributed by atoms with E-state index in [4.69, 9.17) is 4.42 Å². The smallest absolute Gasteiger partial charge is 0.315 e. The molecule has 3 aromatic rings. The standard InChI is InChI=1S/C20H18FN3O/c1-12(2)22-20-24-23-19(25-20)14-8-7-13-9-10-15(17(13)11-14)16-5-3-4-6-18(16)21/h3-8,10-12H,9H2,1-2H3,(H,22,24). The zero-order valence-electron chi connectivity index (χ0n) is 14.1. The zero-order valence-corrected chi connectivity index (χ0v) is 14.1. The minimum absolute atomic E-state index is 0.212. The summed E-state index contributed by atoms with van der Waals surface area (Å²) < 4.78 is 19.9. The molecule has 0 fully saturated rings. The Morgan fingerprint density at radius 1 is 1.08 bits per heavy atom. The number of aromatic nitrogens is 2. The largest absolute Gasteiger partial charge is 0.403 e. The van der Waals surface area contributed by atoms with Crippen LogP contribution in [0.1, 0.15) is 30.5 Å². The molecule has 5 heteroatoms. The highest BCUT2D eigenvalue weighted by Crippen LogP contribution is 2.36. The van der Waals surface area contributed by atoms with Crippen molar-refractivity contribution in [1.29, 1.82) is 0 Å². The van der Waals surface area contributed by atoms with E-state index >= 15 is 0 Å². The van der Waals surface area contributed by atoms with E-state index in [1.54, 1.807) is 12.1 Å². The van der Waals surface area contributed by atoms with Gasteiger partial charge in [-0.05, 0) is 55.2 Å². The van der Waals surface area contributed by atoms with E-state index in [0.717, 1.165) is 23.1 Å². The number of anilines is 1. The lowest BCUT2D eigenvalue weighted by Gasteiger charge is -2.08. The van der Waals surface area contributed by atoms with E-state index < -0.39 is 0 Å². The summed E-state index contributed by atoms with van der Waals surface area (Å²) in [6, 6.07) is 13.4. The molecule has 0 aliphatic heterocycles.